The number of esters is 1. The van der Waals surface area contributed by atoms with Crippen LogP contribution in [0.2, 0.25) is 0 Å². The molecule has 0 unspecified atom stereocenters. The molecule has 0 bridgehead atoms. The molecule has 1 atom stereocenters. The molecule has 0 fully saturated rings. The van der Waals surface area contributed by atoms with Gasteiger partial charge in [-0.2, -0.15) is 0 Å². The van der Waals surface area contributed by atoms with Crippen molar-refractivity contribution in [1.82, 2.24) is 15.5 Å². The van der Waals surface area contributed by atoms with E-state index in [1.54, 1.807) is 25.1 Å². The second-order valence-corrected chi connectivity index (χ2v) is 5.35. The molecule has 0 aliphatic rings. The van der Waals surface area contributed by atoms with Crippen molar-refractivity contribution in [3.8, 4) is 5.75 Å². The maximum absolute atomic E-state index is 12.2. The minimum atomic E-state index is -0.726. The van der Waals surface area contributed by atoms with E-state index < -0.39 is 12.0 Å². The molecule has 0 radical (unpaired) electrons. The van der Waals surface area contributed by atoms with Crippen molar-refractivity contribution in [3.05, 3.63) is 41.6 Å². The standard InChI is InChI=1S/C16H21N3O4/c1-4-22-16(21)14(11-6-5-7-12(20)8-11)17-9-13-18-19-15(23-13)10(2)3/h5-8,10,14,17,20H,4,9H2,1-3H3/t14-/m1/s1. The van der Waals surface area contributed by atoms with Crippen LogP contribution in [0.4, 0.5) is 0 Å². The number of carbonyl (C=O) groups excluding carboxylic acids is 1. The van der Waals surface area contributed by atoms with Gasteiger partial charge in [0.15, 0.2) is 0 Å². The Morgan fingerprint density at radius 1 is 1.39 bits per heavy atom. The quantitative estimate of drug-likeness (QED) is 0.756. The van der Waals surface area contributed by atoms with Crippen molar-refractivity contribution in [2.24, 2.45) is 0 Å². The lowest BCUT2D eigenvalue weighted by Gasteiger charge is -2.16. The van der Waals surface area contributed by atoms with Crippen LogP contribution in [0.1, 0.15) is 50.1 Å². The van der Waals surface area contributed by atoms with E-state index in [1.165, 1.54) is 6.07 Å². The SMILES string of the molecule is CCOC(=O)[C@H](NCc1nnc(C(C)C)o1)c1cccc(O)c1. The highest BCUT2D eigenvalue weighted by atomic mass is 16.5. The molecule has 7 heteroatoms. The molecule has 7 nitrogen and oxygen atoms in total. The number of phenols is 1. The first-order valence-corrected chi connectivity index (χ1v) is 7.52. The zero-order chi connectivity index (χ0) is 16.8. The maximum atomic E-state index is 12.2. The Labute approximate surface area is 134 Å². The van der Waals surface area contributed by atoms with Crippen molar-refractivity contribution in [1.29, 1.82) is 0 Å². The first kappa shape index (κ1) is 17.0. The lowest BCUT2D eigenvalue weighted by molar-refractivity contribution is -0.145. The Balaban J connectivity index is 2.12. The van der Waals surface area contributed by atoms with Gasteiger partial charge >= 0.3 is 5.97 Å². The summed E-state index contributed by atoms with van der Waals surface area (Å²) in [6.07, 6.45) is 0. The van der Waals surface area contributed by atoms with E-state index in [4.69, 9.17) is 9.15 Å². The Bertz CT molecular complexity index is 654. The molecule has 0 saturated heterocycles. The number of aromatic hydroxyl groups is 1. The third-order valence-electron chi connectivity index (χ3n) is 3.16. The summed E-state index contributed by atoms with van der Waals surface area (Å²) >= 11 is 0. The van der Waals surface area contributed by atoms with E-state index in [0.717, 1.165) is 0 Å². The third-order valence-corrected chi connectivity index (χ3v) is 3.16. The van der Waals surface area contributed by atoms with E-state index >= 15 is 0 Å². The molecule has 124 valence electrons. The van der Waals surface area contributed by atoms with E-state index in [2.05, 4.69) is 15.5 Å². The summed E-state index contributed by atoms with van der Waals surface area (Å²) in [6, 6.07) is 5.74. The van der Waals surface area contributed by atoms with Crippen LogP contribution in [-0.4, -0.2) is 27.9 Å². The average molecular weight is 319 g/mol. The van der Waals surface area contributed by atoms with Gasteiger partial charge in [-0.1, -0.05) is 26.0 Å². The van der Waals surface area contributed by atoms with Crippen molar-refractivity contribution >= 4 is 5.97 Å². The van der Waals surface area contributed by atoms with Crippen LogP contribution in [0, 0.1) is 0 Å². The lowest BCUT2D eigenvalue weighted by Crippen LogP contribution is -2.30. The molecule has 2 N–H and O–H groups in total. The van der Waals surface area contributed by atoms with Crippen LogP contribution < -0.4 is 5.32 Å². The zero-order valence-corrected chi connectivity index (χ0v) is 13.4. The number of phenolic OH excluding ortho intramolecular Hbond substituents is 1. The summed E-state index contributed by atoms with van der Waals surface area (Å²) < 4.78 is 10.6. The molecule has 0 spiro atoms. The van der Waals surface area contributed by atoms with Crippen molar-refractivity contribution in [2.45, 2.75) is 39.3 Å². The molecule has 0 aliphatic carbocycles. The fourth-order valence-electron chi connectivity index (χ4n) is 2.03. The fourth-order valence-corrected chi connectivity index (χ4v) is 2.03. The van der Waals surface area contributed by atoms with E-state index in [0.29, 0.717) is 17.3 Å². The van der Waals surface area contributed by atoms with Gasteiger partial charge in [-0.05, 0) is 24.6 Å². The monoisotopic (exact) mass is 319 g/mol. The Morgan fingerprint density at radius 3 is 2.78 bits per heavy atom. The number of rotatable bonds is 7. The number of nitrogens with one attached hydrogen (secondary N) is 1. The summed E-state index contributed by atoms with van der Waals surface area (Å²) in [5, 5.41) is 20.5. The predicted molar refractivity (Wildman–Crippen MR) is 82.7 cm³/mol. The molecule has 2 rings (SSSR count). The first-order chi connectivity index (χ1) is 11.0. The predicted octanol–water partition coefficient (Wildman–Crippen LogP) is 2.29. The molecule has 1 heterocycles. The normalized spacial score (nSPS) is 12.3. The minimum Gasteiger partial charge on any atom is -0.508 e. The Kier molecular flexibility index (Phi) is 5.70. The van der Waals surface area contributed by atoms with Crippen LogP contribution in [0.25, 0.3) is 0 Å². The molecule has 0 saturated carbocycles. The van der Waals surface area contributed by atoms with Crippen molar-refractivity contribution in [3.63, 3.8) is 0 Å². The lowest BCUT2D eigenvalue weighted by atomic mass is 10.1. The first-order valence-electron chi connectivity index (χ1n) is 7.52. The number of aromatic nitrogens is 2. The molecule has 23 heavy (non-hydrogen) atoms. The number of hydrogen-bond donors (Lipinski definition) is 2. The highest BCUT2D eigenvalue weighted by Crippen LogP contribution is 2.20. The van der Waals surface area contributed by atoms with Gasteiger partial charge < -0.3 is 14.3 Å². The minimum absolute atomic E-state index is 0.0819. The van der Waals surface area contributed by atoms with Gasteiger partial charge in [0.2, 0.25) is 11.8 Å². The maximum Gasteiger partial charge on any atom is 0.327 e. The van der Waals surface area contributed by atoms with Gasteiger partial charge in [-0.15, -0.1) is 10.2 Å². The number of ether oxygens (including phenoxy) is 1. The van der Waals surface area contributed by atoms with Crippen LogP contribution in [0.5, 0.6) is 5.75 Å². The van der Waals surface area contributed by atoms with Crippen molar-refractivity contribution < 1.29 is 19.1 Å². The second kappa shape index (κ2) is 7.73. The molecule has 2 aromatic rings. The Hall–Kier alpha value is -2.41. The summed E-state index contributed by atoms with van der Waals surface area (Å²) in [4.78, 5) is 12.2. The van der Waals surface area contributed by atoms with Gasteiger partial charge in [0.1, 0.15) is 11.8 Å². The molecule has 0 aliphatic heterocycles. The van der Waals surface area contributed by atoms with Gasteiger partial charge in [0.25, 0.3) is 0 Å². The third kappa shape index (κ3) is 4.53. The van der Waals surface area contributed by atoms with Gasteiger partial charge in [-0.3, -0.25) is 5.32 Å². The average Bonchev–Trinajstić information content (AvgIpc) is 2.97. The van der Waals surface area contributed by atoms with Crippen LogP contribution in [-0.2, 0) is 16.1 Å². The summed E-state index contributed by atoms with van der Waals surface area (Å²) in [5.41, 5.74) is 0.604. The van der Waals surface area contributed by atoms with Gasteiger partial charge in [0, 0.05) is 5.92 Å². The second-order valence-electron chi connectivity index (χ2n) is 5.35. The zero-order valence-electron chi connectivity index (χ0n) is 13.4. The topological polar surface area (TPSA) is 97.5 Å². The fraction of sp³-hybridized carbons (Fsp3) is 0.438. The molecule has 1 aromatic carbocycles. The molecular weight excluding hydrogens is 298 g/mol. The highest BCUT2D eigenvalue weighted by Gasteiger charge is 2.23. The Morgan fingerprint density at radius 2 is 2.17 bits per heavy atom. The number of nitrogens with zero attached hydrogens (tertiary/aromatic N) is 2. The van der Waals surface area contributed by atoms with Gasteiger partial charge in [0.05, 0.1) is 13.2 Å². The van der Waals surface area contributed by atoms with E-state index in [9.17, 15) is 9.90 Å². The summed E-state index contributed by atoms with van der Waals surface area (Å²) in [7, 11) is 0. The number of hydrogen-bond acceptors (Lipinski definition) is 7. The van der Waals surface area contributed by atoms with Crippen LogP contribution >= 0.6 is 0 Å². The molecule has 0 amide bonds. The largest absolute Gasteiger partial charge is 0.508 e. The van der Waals surface area contributed by atoms with E-state index in [-0.39, 0.29) is 24.8 Å². The highest BCUT2D eigenvalue weighted by molar-refractivity contribution is 5.77. The number of carbonyl (C=O) groups is 1. The number of benzene rings is 1. The van der Waals surface area contributed by atoms with Crippen LogP contribution in [0.15, 0.2) is 28.7 Å². The van der Waals surface area contributed by atoms with Crippen molar-refractivity contribution in [2.75, 3.05) is 6.61 Å². The van der Waals surface area contributed by atoms with Crippen LogP contribution in [0.3, 0.4) is 0 Å². The smallest absolute Gasteiger partial charge is 0.327 e. The summed E-state index contributed by atoms with van der Waals surface area (Å²) in [6.45, 7) is 6.15. The van der Waals surface area contributed by atoms with E-state index in [1.807, 2.05) is 13.8 Å². The molecule has 1 aromatic heterocycles. The summed E-state index contributed by atoms with van der Waals surface area (Å²) in [5.74, 6) is 0.735. The van der Waals surface area contributed by atoms with Gasteiger partial charge in [-0.25, -0.2) is 4.79 Å². The molecular formula is C16H21N3O4.